The van der Waals surface area contributed by atoms with Crippen molar-refractivity contribution in [1.29, 1.82) is 0 Å². The molecule has 2 rings (SSSR count). The summed E-state index contributed by atoms with van der Waals surface area (Å²) in [4.78, 5) is 4.23. The zero-order valence-electron chi connectivity index (χ0n) is 7.92. The molecule has 2 nitrogen and oxygen atoms in total. The van der Waals surface area contributed by atoms with E-state index in [0.29, 0.717) is 21.3 Å². The number of rotatable bonds is 1. The average Bonchev–Trinajstić information content (AvgIpc) is 2.43. The molecule has 0 saturated heterocycles. The van der Waals surface area contributed by atoms with Gasteiger partial charge in [-0.2, -0.15) is 0 Å². The number of benzene rings is 1. The molecule has 0 fully saturated rings. The van der Waals surface area contributed by atoms with Crippen LogP contribution in [0.1, 0.15) is 5.01 Å². The molecule has 0 atom stereocenters. The second kappa shape index (κ2) is 3.79. The lowest BCUT2D eigenvalue weighted by Crippen LogP contribution is -1.87. The molecule has 1 aromatic heterocycles. The maximum Gasteiger partial charge on any atom is 0.125 e. The molecule has 0 radical (unpaired) electrons. The second-order valence-corrected chi connectivity index (χ2v) is 4.78. The molecule has 5 heteroatoms. The summed E-state index contributed by atoms with van der Waals surface area (Å²) in [5, 5.41) is 1.77. The second-order valence-electron chi connectivity index (χ2n) is 3.10. The number of nitrogens with two attached hydrogens (primary N) is 1. The number of hydrogen-bond acceptors (Lipinski definition) is 3. The van der Waals surface area contributed by atoms with Crippen molar-refractivity contribution in [2.24, 2.45) is 0 Å². The van der Waals surface area contributed by atoms with Crippen molar-refractivity contribution in [2.45, 2.75) is 6.92 Å². The Morgan fingerprint density at radius 2 is 2.13 bits per heavy atom. The highest BCUT2D eigenvalue weighted by molar-refractivity contribution is 7.16. The van der Waals surface area contributed by atoms with Gasteiger partial charge in [0.25, 0.3) is 0 Å². The number of nitrogen functional groups attached to an aromatic ring is 1. The third-order valence-electron chi connectivity index (χ3n) is 1.90. The molecule has 78 valence electrons. The fraction of sp³-hybridized carbons (Fsp3) is 0.100. The van der Waals surface area contributed by atoms with Gasteiger partial charge >= 0.3 is 0 Å². The van der Waals surface area contributed by atoms with Gasteiger partial charge in [-0.25, -0.2) is 9.37 Å². The first-order valence-electron chi connectivity index (χ1n) is 4.25. The summed E-state index contributed by atoms with van der Waals surface area (Å²) in [5.74, 6) is -0.387. The quantitative estimate of drug-likeness (QED) is 0.831. The summed E-state index contributed by atoms with van der Waals surface area (Å²) in [7, 11) is 0. The maximum atomic E-state index is 13.1. The fourth-order valence-corrected chi connectivity index (χ4v) is 2.28. The molecule has 1 aromatic carbocycles. The van der Waals surface area contributed by atoms with Gasteiger partial charge in [-0.05, 0) is 25.1 Å². The van der Waals surface area contributed by atoms with Crippen LogP contribution >= 0.6 is 22.9 Å². The van der Waals surface area contributed by atoms with Gasteiger partial charge in [0.1, 0.15) is 16.5 Å². The van der Waals surface area contributed by atoms with Gasteiger partial charge in [0.05, 0.1) is 5.01 Å². The molecule has 0 saturated carbocycles. The Morgan fingerprint density at radius 1 is 1.40 bits per heavy atom. The Balaban J connectivity index is 2.58. The van der Waals surface area contributed by atoms with Gasteiger partial charge in [-0.15, -0.1) is 11.3 Å². The van der Waals surface area contributed by atoms with Crippen LogP contribution in [0, 0.1) is 12.7 Å². The Morgan fingerprint density at radius 3 is 2.67 bits per heavy atom. The third-order valence-corrected chi connectivity index (χ3v) is 2.91. The first kappa shape index (κ1) is 10.4. The van der Waals surface area contributed by atoms with E-state index in [1.165, 1.54) is 23.5 Å². The molecule has 2 aromatic rings. The molecule has 0 aliphatic rings. The Kier molecular flexibility index (Phi) is 2.63. The number of aromatic nitrogens is 1. The van der Waals surface area contributed by atoms with Crippen LogP contribution in [0.5, 0.6) is 0 Å². The van der Waals surface area contributed by atoms with E-state index < -0.39 is 0 Å². The van der Waals surface area contributed by atoms with Crippen molar-refractivity contribution in [2.75, 3.05) is 5.73 Å². The molecule has 1 heterocycles. The van der Waals surface area contributed by atoms with Gasteiger partial charge in [0.15, 0.2) is 0 Å². The standard InChI is InChI=1S/C10H8ClFN2S/c1-5-14-9(10(13)15-5)6-2-7(11)4-8(12)3-6/h2-4H,13H2,1H3. The van der Waals surface area contributed by atoms with Crippen molar-refractivity contribution < 1.29 is 4.39 Å². The van der Waals surface area contributed by atoms with Crippen molar-refractivity contribution in [3.8, 4) is 11.3 Å². The number of aryl methyl sites for hydroxylation is 1. The number of anilines is 1. The molecule has 0 spiro atoms. The van der Waals surface area contributed by atoms with E-state index in [-0.39, 0.29) is 5.82 Å². The van der Waals surface area contributed by atoms with E-state index in [9.17, 15) is 4.39 Å². The van der Waals surface area contributed by atoms with E-state index in [1.54, 1.807) is 6.07 Å². The topological polar surface area (TPSA) is 38.9 Å². The Labute approximate surface area is 95.5 Å². The van der Waals surface area contributed by atoms with Gasteiger partial charge in [0, 0.05) is 10.6 Å². The van der Waals surface area contributed by atoms with E-state index >= 15 is 0 Å². The van der Waals surface area contributed by atoms with Crippen LogP contribution in [0.3, 0.4) is 0 Å². The predicted molar refractivity (Wildman–Crippen MR) is 61.7 cm³/mol. The number of hydrogen-bond donors (Lipinski definition) is 1. The van der Waals surface area contributed by atoms with Gasteiger partial charge in [0.2, 0.25) is 0 Å². The van der Waals surface area contributed by atoms with Crippen LogP contribution in [0.4, 0.5) is 9.39 Å². The largest absolute Gasteiger partial charge is 0.389 e. The molecule has 0 aliphatic heterocycles. The minimum atomic E-state index is -0.387. The van der Waals surface area contributed by atoms with Crippen LogP contribution in [0.2, 0.25) is 5.02 Å². The summed E-state index contributed by atoms with van der Waals surface area (Å²) in [6.07, 6.45) is 0. The summed E-state index contributed by atoms with van der Waals surface area (Å²) in [6.45, 7) is 1.85. The highest BCUT2D eigenvalue weighted by Crippen LogP contribution is 2.31. The Bertz CT molecular complexity index is 490. The number of thiazole rings is 1. The number of nitrogens with zero attached hydrogens (tertiary/aromatic N) is 1. The van der Waals surface area contributed by atoms with Gasteiger partial charge < -0.3 is 5.73 Å². The lowest BCUT2D eigenvalue weighted by Gasteiger charge is -2.00. The Hall–Kier alpha value is -1.13. The van der Waals surface area contributed by atoms with Crippen LogP contribution in [-0.4, -0.2) is 4.98 Å². The fourth-order valence-electron chi connectivity index (χ4n) is 1.34. The lowest BCUT2D eigenvalue weighted by molar-refractivity contribution is 0.628. The smallest absolute Gasteiger partial charge is 0.125 e. The molecule has 2 N–H and O–H groups in total. The summed E-state index contributed by atoms with van der Waals surface area (Å²) in [6, 6.07) is 4.27. The SMILES string of the molecule is Cc1nc(-c2cc(F)cc(Cl)c2)c(N)s1. The van der Waals surface area contributed by atoms with E-state index in [1.807, 2.05) is 6.92 Å². The van der Waals surface area contributed by atoms with E-state index in [2.05, 4.69) is 4.98 Å². The normalized spacial score (nSPS) is 10.6. The monoisotopic (exact) mass is 242 g/mol. The third kappa shape index (κ3) is 2.11. The van der Waals surface area contributed by atoms with E-state index in [0.717, 1.165) is 5.01 Å². The minimum Gasteiger partial charge on any atom is -0.389 e. The number of halogens is 2. The zero-order chi connectivity index (χ0) is 11.0. The van der Waals surface area contributed by atoms with E-state index in [4.69, 9.17) is 17.3 Å². The van der Waals surface area contributed by atoms with Crippen molar-refractivity contribution >= 4 is 27.9 Å². The highest BCUT2D eigenvalue weighted by atomic mass is 35.5. The van der Waals surface area contributed by atoms with Crippen molar-refractivity contribution in [3.05, 3.63) is 34.0 Å². The first-order chi connectivity index (χ1) is 7.06. The van der Waals surface area contributed by atoms with Gasteiger partial charge in [-0.1, -0.05) is 11.6 Å². The highest BCUT2D eigenvalue weighted by Gasteiger charge is 2.10. The van der Waals surface area contributed by atoms with Crippen LogP contribution in [0.25, 0.3) is 11.3 Å². The molecule has 0 amide bonds. The summed E-state index contributed by atoms with van der Waals surface area (Å²) < 4.78 is 13.1. The average molecular weight is 243 g/mol. The van der Waals surface area contributed by atoms with Crippen LogP contribution in [-0.2, 0) is 0 Å². The molecular weight excluding hydrogens is 235 g/mol. The minimum absolute atomic E-state index is 0.343. The lowest BCUT2D eigenvalue weighted by atomic mass is 10.1. The van der Waals surface area contributed by atoms with Crippen molar-refractivity contribution in [3.63, 3.8) is 0 Å². The van der Waals surface area contributed by atoms with Crippen molar-refractivity contribution in [1.82, 2.24) is 4.98 Å². The van der Waals surface area contributed by atoms with Gasteiger partial charge in [-0.3, -0.25) is 0 Å². The molecule has 0 bridgehead atoms. The summed E-state index contributed by atoms with van der Waals surface area (Å²) >= 11 is 7.13. The maximum absolute atomic E-state index is 13.1. The zero-order valence-corrected chi connectivity index (χ0v) is 9.49. The molecule has 0 aliphatic carbocycles. The first-order valence-corrected chi connectivity index (χ1v) is 5.45. The summed E-state index contributed by atoms with van der Waals surface area (Å²) in [5.41, 5.74) is 6.97. The molecule has 0 unspecified atom stereocenters. The van der Waals surface area contributed by atoms with Crippen LogP contribution in [0.15, 0.2) is 18.2 Å². The van der Waals surface area contributed by atoms with Crippen LogP contribution < -0.4 is 5.73 Å². The molecule has 15 heavy (non-hydrogen) atoms. The predicted octanol–water partition coefficient (Wildman–Crippen LogP) is 3.49. The molecular formula is C10H8ClFN2S.